The van der Waals surface area contributed by atoms with Crippen molar-refractivity contribution in [2.45, 2.75) is 19.4 Å². The molecule has 0 aliphatic carbocycles. The van der Waals surface area contributed by atoms with Gasteiger partial charge in [0.15, 0.2) is 5.76 Å². The van der Waals surface area contributed by atoms with Crippen LogP contribution >= 0.6 is 11.6 Å². The summed E-state index contributed by atoms with van der Waals surface area (Å²) >= 11 is 6.35. The van der Waals surface area contributed by atoms with E-state index >= 15 is 0 Å². The molecule has 0 aliphatic heterocycles. The standard InChI is InChI=1S/C29H28ClN5O5/c1-17-11-26(40-33-17)21-7-5-19(30)13-22(21)23-14-28(36)35(16-27(23)39-4)25(9-10-38-3)29(37)31-20-6-8-24-18(12-20)15-34(2)32-24/h5-8,11-16,25H,9-10H2,1-4H3,(H,31,37). The summed E-state index contributed by atoms with van der Waals surface area (Å²) < 4.78 is 19.5. The van der Waals surface area contributed by atoms with Gasteiger partial charge in [0.05, 0.1) is 24.5 Å². The Bertz CT molecular complexity index is 1760. The van der Waals surface area contributed by atoms with Crippen LogP contribution in [-0.2, 0) is 16.6 Å². The fourth-order valence-corrected chi connectivity index (χ4v) is 4.84. The molecule has 0 fully saturated rings. The SMILES string of the molecule is COCCC(C(=O)Nc1ccc2nn(C)cc2c1)n1cc(OC)c(-c2cc(Cl)ccc2-c2cc(C)no2)cc1=O. The van der Waals surface area contributed by atoms with Crippen molar-refractivity contribution < 1.29 is 18.8 Å². The highest BCUT2D eigenvalue weighted by Gasteiger charge is 2.25. The zero-order valence-electron chi connectivity index (χ0n) is 22.5. The van der Waals surface area contributed by atoms with Crippen LogP contribution in [-0.4, -0.2) is 46.2 Å². The summed E-state index contributed by atoms with van der Waals surface area (Å²) in [4.78, 5) is 27.1. The van der Waals surface area contributed by atoms with Crippen molar-refractivity contribution in [3.05, 3.63) is 82.0 Å². The molecule has 11 heteroatoms. The lowest BCUT2D eigenvalue weighted by Crippen LogP contribution is -2.34. The second-order valence-electron chi connectivity index (χ2n) is 9.39. The molecule has 0 spiro atoms. The van der Waals surface area contributed by atoms with Gasteiger partial charge in [-0.1, -0.05) is 16.8 Å². The number of hydrogen-bond acceptors (Lipinski definition) is 7. The zero-order chi connectivity index (χ0) is 28.4. The quantitative estimate of drug-likeness (QED) is 0.262. The van der Waals surface area contributed by atoms with Gasteiger partial charge in [-0.05, 0) is 48.9 Å². The summed E-state index contributed by atoms with van der Waals surface area (Å²) in [7, 11) is 4.88. The first-order chi connectivity index (χ1) is 19.3. The molecule has 5 rings (SSSR count). The lowest BCUT2D eigenvalue weighted by Gasteiger charge is -2.21. The normalized spacial score (nSPS) is 12.0. The van der Waals surface area contributed by atoms with Crippen LogP contribution in [0.5, 0.6) is 5.75 Å². The van der Waals surface area contributed by atoms with Gasteiger partial charge in [-0.25, -0.2) is 0 Å². The van der Waals surface area contributed by atoms with Gasteiger partial charge in [-0.2, -0.15) is 5.10 Å². The molecule has 0 saturated carbocycles. The molecule has 3 aromatic heterocycles. The van der Waals surface area contributed by atoms with E-state index in [-0.39, 0.29) is 18.9 Å². The molecule has 3 heterocycles. The summed E-state index contributed by atoms with van der Waals surface area (Å²) in [5.41, 5.74) is 3.56. The van der Waals surface area contributed by atoms with Gasteiger partial charge >= 0.3 is 0 Å². The summed E-state index contributed by atoms with van der Waals surface area (Å²) in [5.74, 6) is 0.544. The smallest absolute Gasteiger partial charge is 0.252 e. The third-order valence-corrected chi connectivity index (χ3v) is 6.78. The first kappa shape index (κ1) is 27.2. The number of aromatic nitrogens is 4. The van der Waals surface area contributed by atoms with E-state index < -0.39 is 11.6 Å². The number of methoxy groups -OCH3 is 2. The molecule has 1 atom stereocenters. The predicted octanol–water partition coefficient (Wildman–Crippen LogP) is 5.24. The summed E-state index contributed by atoms with van der Waals surface area (Å²) in [6.45, 7) is 2.09. The van der Waals surface area contributed by atoms with Crippen LogP contribution in [0.1, 0.15) is 18.2 Å². The average molecular weight is 562 g/mol. The van der Waals surface area contributed by atoms with Crippen LogP contribution in [0.25, 0.3) is 33.4 Å². The van der Waals surface area contributed by atoms with E-state index in [1.54, 1.807) is 42.1 Å². The van der Waals surface area contributed by atoms with Crippen molar-refractivity contribution in [2.24, 2.45) is 7.05 Å². The Morgan fingerprint density at radius 2 is 1.90 bits per heavy atom. The highest BCUT2D eigenvalue weighted by atomic mass is 35.5. The van der Waals surface area contributed by atoms with Gasteiger partial charge in [0.25, 0.3) is 5.56 Å². The number of ether oxygens (including phenoxy) is 2. The van der Waals surface area contributed by atoms with E-state index in [1.807, 2.05) is 32.3 Å². The third-order valence-electron chi connectivity index (χ3n) is 6.55. The van der Waals surface area contributed by atoms with E-state index in [9.17, 15) is 9.59 Å². The first-order valence-corrected chi connectivity index (χ1v) is 12.9. The number of hydrogen-bond donors (Lipinski definition) is 1. The van der Waals surface area contributed by atoms with Gasteiger partial charge in [-0.15, -0.1) is 0 Å². The number of pyridine rings is 1. The molecule has 206 valence electrons. The fourth-order valence-electron chi connectivity index (χ4n) is 4.67. The Morgan fingerprint density at radius 3 is 2.62 bits per heavy atom. The van der Waals surface area contributed by atoms with E-state index in [2.05, 4.69) is 15.6 Å². The van der Waals surface area contributed by atoms with E-state index in [0.717, 1.165) is 10.9 Å². The fraction of sp³-hybridized carbons (Fsp3) is 0.241. The largest absolute Gasteiger partial charge is 0.495 e. The number of nitrogens with zero attached hydrogens (tertiary/aromatic N) is 4. The van der Waals surface area contributed by atoms with E-state index in [1.165, 1.54) is 23.9 Å². The Hall–Kier alpha value is -4.41. The minimum Gasteiger partial charge on any atom is -0.495 e. The van der Waals surface area contributed by atoms with Crippen LogP contribution in [0, 0.1) is 6.92 Å². The topological polar surface area (TPSA) is 113 Å². The van der Waals surface area contributed by atoms with Crippen molar-refractivity contribution >= 4 is 34.1 Å². The predicted molar refractivity (Wildman–Crippen MR) is 153 cm³/mol. The van der Waals surface area contributed by atoms with Crippen LogP contribution < -0.4 is 15.6 Å². The number of benzene rings is 2. The van der Waals surface area contributed by atoms with Crippen LogP contribution in [0.4, 0.5) is 5.69 Å². The van der Waals surface area contributed by atoms with Gasteiger partial charge in [0, 0.05) is 72.7 Å². The summed E-state index contributed by atoms with van der Waals surface area (Å²) in [6, 6.07) is 13.1. The zero-order valence-corrected chi connectivity index (χ0v) is 23.2. The van der Waals surface area contributed by atoms with Crippen LogP contribution in [0.2, 0.25) is 5.02 Å². The number of amides is 1. The van der Waals surface area contributed by atoms with Gasteiger partial charge in [0.1, 0.15) is 11.8 Å². The van der Waals surface area contributed by atoms with Gasteiger partial charge in [-0.3, -0.25) is 18.8 Å². The average Bonchev–Trinajstić information content (AvgIpc) is 3.53. The second-order valence-corrected chi connectivity index (χ2v) is 9.82. The van der Waals surface area contributed by atoms with Crippen molar-refractivity contribution in [1.29, 1.82) is 0 Å². The molecule has 5 aromatic rings. The number of anilines is 1. The molecule has 0 bridgehead atoms. The Kier molecular flexibility index (Phi) is 7.72. The molecule has 40 heavy (non-hydrogen) atoms. The minimum atomic E-state index is -0.865. The van der Waals surface area contributed by atoms with Crippen molar-refractivity contribution in [3.8, 4) is 28.2 Å². The number of rotatable bonds is 9. The molecule has 1 N–H and O–H groups in total. The number of aryl methyl sites for hydroxylation is 2. The highest BCUT2D eigenvalue weighted by Crippen LogP contribution is 2.38. The number of fused-ring (bicyclic) bond motifs is 1. The molecule has 1 unspecified atom stereocenters. The van der Waals surface area contributed by atoms with Gasteiger partial charge in [0.2, 0.25) is 5.91 Å². The Balaban J connectivity index is 1.54. The maximum atomic E-state index is 13.6. The summed E-state index contributed by atoms with van der Waals surface area (Å²) in [6.07, 6.45) is 3.67. The third kappa shape index (κ3) is 5.49. The summed E-state index contributed by atoms with van der Waals surface area (Å²) in [5, 5.41) is 12.6. The monoisotopic (exact) mass is 561 g/mol. The number of halogens is 1. The number of carbonyl (C=O) groups excluding carboxylic acids is 1. The minimum absolute atomic E-state index is 0.263. The maximum absolute atomic E-state index is 13.6. The van der Waals surface area contributed by atoms with Crippen molar-refractivity contribution in [3.63, 3.8) is 0 Å². The van der Waals surface area contributed by atoms with E-state index in [0.29, 0.717) is 44.6 Å². The van der Waals surface area contributed by atoms with Crippen molar-refractivity contribution in [2.75, 3.05) is 26.1 Å². The Labute approximate surface area is 235 Å². The van der Waals surface area contributed by atoms with Crippen LogP contribution in [0.15, 0.2) is 70.2 Å². The van der Waals surface area contributed by atoms with E-state index in [4.69, 9.17) is 25.6 Å². The van der Waals surface area contributed by atoms with Gasteiger partial charge < -0.3 is 19.3 Å². The number of nitrogens with one attached hydrogen (secondary N) is 1. The molecule has 2 aromatic carbocycles. The molecule has 10 nitrogen and oxygen atoms in total. The Morgan fingerprint density at radius 1 is 1.07 bits per heavy atom. The highest BCUT2D eigenvalue weighted by molar-refractivity contribution is 6.31. The molecular formula is C29H28ClN5O5. The van der Waals surface area contributed by atoms with Crippen molar-refractivity contribution in [1.82, 2.24) is 19.5 Å². The molecule has 0 saturated heterocycles. The number of carbonyl (C=O) groups is 1. The molecular weight excluding hydrogens is 534 g/mol. The first-order valence-electron chi connectivity index (χ1n) is 12.5. The lowest BCUT2D eigenvalue weighted by atomic mass is 9.97. The van der Waals surface area contributed by atoms with Crippen LogP contribution in [0.3, 0.4) is 0 Å². The molecule has 0 radical (unpaired) electrons. The maximum Gasteiger partial charge on any atom is 0.252 e. The molecule has 1 amide bonds. The second kappa shape index (κ2) is 11.4. The molecule has 0 aliphatic rings. The lowest BCUT2D eigenvalue weighted by molar-refractivity contribution is -0.119.